The average molecular weight is 395 g/mol. The summed E-state index contributed by atoms with van der Waals surface area (Å²) in [5, 5.41) is 0. The van der Waals surface area contributed by atoms with Crippen LogP contribution in [-0.2, 0) is 19.1 Å². The van der Waals surface area contributed by atoms with Gasteiger partial charge in [0.2, 0.25) is 0 Å². The molecule has 1 spiro atoms. The highest BCUT2D eigenvalue weighted by Gasteiger charge is 2.76. The first-order valence-corrected chi connectivity index (χ1v) is 9.75. The monoisotopic (exact) mass is 395 g/mol. The zero-order chi connectivity index (χ0) is 19.6. The maximum atomic E-state index is 13.5. The molecular formula is C21H17NO5S. The first-order chi connectivity index (χ1) is 13.6. The van der Waals surface area contributed by atoms with Gasteiger partial charge in [0, 0.05) is 16.4 Å². The fraction of sp³-hybridized carbons (Fsp3) is 0.286. The van der Waals surface area contributed by atoms with E-state index in [-0.39, 0.29) is 11.8 Å². The van der Waals surface area contributed by atoms with E-state index in [9.17, 15) is 14.4 Å². The van der Waals surface area contributed by atoms with E-state index in [1.54, 1.807) is 11.0 Å². The summed E-state index contributed by atoms with van der Waals surface area (Å²) in [6.07, 6.45) is 0. The Morgan fingerprint density at radius 2 is 1.68 bits per heavy atom. The summed E-state index contributed by atoms with van der Waals surface area (Å²) < 4.78 is 10.1. The molecule has 6 nitrogen and oxygen atoms in total. The van der Waals surface area contributed by atoms with Gasteiger partial charge in [0.25, 0.3) is 5.91 Å². The summed E-state index contributed by atoms with van der Waals surface area (Å²) in [6.45, 7) is 0. The highest BCUT2D eigenvalue weighted by molar-refractivity contribution is 8.01. The van der Waals surface area contributed by atoms with E-state index in [0.29, 0.717) is 5.56 Å². The fourth-order valence-electron chi connectivity index (χ4n) is 4.94. The summed E-state index contributed by atoms with van der Waals surface area (Å²) in [5.74, 6) is -3.03. The van der Waals surface area contributed by atoms with E-state index in [1.807, 2.05) is 42.5 Å². The van der Waals surface area contributed by atoms with Gasteiger partial charge >= 0.3 is 11.9 Å². The number of nitrogens with zero attached hydrogens (tertiary/aromatic N) is 1. The highest BCUT2D eigenvalue weighted by atomic mass is 32.2. The van der Waals surface area contributed by atoms with E-state index in [0.717, 1.165) is 16.1 Å². The lowest BCUT2D eigenvalue weighted by Gasteiger charge is -2.61. The molecule has 5 rings (SSSR count). The van der Waals surface area contributed by atoms with Crippen LogP contribution in [0.5, 0.6) is 0 Å². The maximum absolute atomic E-state index is 13.5. The Labute approximate surface area is 165 Å². The second-order valence-corrected chi connectivity index (χ2v) is 8.37. The zero-order valence-corrected chi connectivity index (χ0v) is 16.1. The fourth-order valence-corrected chi connectivity index (χ4v) is 6.75. The molecule has 1 saturated carbocycles. The third kappa shape index (κ3) is 1.87. The number of esters is 2. The molecule has 0 aromatic heterocycles. The molecule has 2 aromatic carbocycles. The Morgan fingerprint density at radius 1 is 1.00 bits per heavy atom. The number of hydrogen-bond donors (Lipinski definition) is 0. The number of thioether (sulfide) groups is 1. The summed E-state index contributed by atoms with van der Waals surface area (Å²) in [7, 11) is 2.62. The van der Waals surface area contributed by atoms with Crippen molar-refractivity contribution in [1.82, 2.24) is 0 Å². The number of ether oxygens (including phenoxy) is 2. The van der Waals surface area contributed by atoms with Crippen molar-refractivity contribution in [1.29, 1.82) is 0 Å². The summed E-state index contributed by atoms with van der Waals surface area (Å²) in [5.41, 5.74) is 2.09. The smallest absolute Gasteiger partial charge is 0.312 e. The number of anilines is 1. The minimum absolute atomic E-state index is 0.165. The lowest BCUT2D eigenvalue weighted by Crippen LogP contribution is -2.73. The molecule has 7 heteroatoms. The van der Waals surface area contributed by atoms with Crippen molar-refractivity contribution in [3.8, 4) is 0 Å². The molecule has 1 fully saturated rings. The molecule has 4 atom stereocenters. The lowest BCUT2D eigenvalue weighted by molar-refractivity contribution is -0.170. The second kappa shape index (κ2) is 5.85. The Balaban J connectivity index is 1.79. The molecule has 2 aromatic rings. The van der Waals surface area contributed by atoms with Crippen molar-refractivity contribution in [3.63, 3.8) is 0 Å². The second-order valence-electron chi connectivity index (χ2n) is 7.08. The normalized spacial score (nSPS) is 29.0. The van der Waals surface area contributed by atoms with Gasteiger partial charge < -0.3 is 9.47 Å². The topological polar surface area (TPSA) is 72.9 Å². The molecule has 2 heterocycles. The minimum atomic E-state index is -0.929. The van der Waals surface area contributed by atoms with Crippen molar-refractivity contribution < 1.29 is 23.9 Å². The predicted molar refractivity (Wildman–Crippen MR) is 102 cm³/mol. The molecule has 3 aliphatic rings. The van der Waals surface area contributed by atoms with Crippen LogP contribution >= 0.6 is 11.8 Å². The molecular weight excluding hydrogens is 378 g/mol. The number of para-hydroxylation sites is 1. The Kier molecular flexibility index (Phi) is 3.61. The number of benzene rings is 2. The number of carbonyl (C=O) groups excluding carboxylic acids is 3. The number of rotatable bonds is 2. The molecule has 0 N–H and O–H groups in total. The van der Waals surface area contributed by atoms with Gasteiger partial charge in [-0.05, 0) is 23.8 Å². The Morgan fingerprint density at radius 3 is 2.43 bits per heavy atom. The number of methoxy groups -OCH3 is 2. The minimum Gasteiger partial charge on any atom is -0.469 e. The molecule has 1 amide bonds. The van der Waals surface area contributed by atoms with Crippen LogP contribution in [0.2, 0.25) is 0 Å². The summed E-state index contributed by atoms with van der Waals surface area (Å²) in [4.78, 5) is 40.7. The van der Waals surface area contributed by atoms with Crippen LogP contribution < -0.4 is 4.90 Å². The van der Waals surface area contributed by atoms with Gasteiger partial charge in [-0.3, -0.25) is 19.3 Å². The van der Waals surface area contributed by atoms with Crippen LogP contribution in [0.25, 0.3) is 0 Å². The van der Waals surface area contributed by atoms with E-state index in [1.165, 1.54) is 26.0 Å². The first-order valence-electron chi connectivity index (χ1n) is 8.93. The standard InChI is InChI=1S/C21H17NO5S/c1-26-19(24)15-16-11-7-3-4-8-12(11)18(23)22-13-9-5-6-10-14(13)28-21(16,22)17(15)20(25)27-2/h3-10,15-17H,1-2H3/t15-,16-,17+,21+/m0/s1. The van der Waals surface area contributed by atoms with Crippen LogP contribution in [0, 0.1) is 11.8 Å². The third-order valence-electron chi connectivity index (χ3n) is 6.00. The van der Waals surface area contributed by atoms with Gasteiger partial charge in [0.1, 0.15) is 10.8 Å². The van der Waals surface area contributed by atoms with Crippen molar-refractivity contribution in [2.75, 3.05) is 19.1 Å². The largest absolute Gasteiger partial charge is 0.469 e. The van der Waals surface area contributed by atoms with E-state index in [4.69, 9.17) is 9.47 Å². The van der Waals surface area contributed by atoms with Gasteiger partial charge in [-0.2, -0.15) is 0 Å². The van der Waals surface area contributed by atoms with Gasteiger partial charge in [-0.25, -0.2) is 0 Å². The third-order valence-corrected chi connectivity index (χ3v) is 7.58. The average Bonchev–Trinajstić information content (AvgIpc) is 3.08. The van der Waals surface area contributed by atoms with Crippen molar-refractivity contribution >= 4 is 35.3 Å². The van der Waals surface area contributed by atoms with E-state index < -0.39 is 28.6 Å². The van der Waals surface area contributed by atoms with Crippen LogP contribution in [-0.4, -0.2) is 36.9 Å². The molecule has 0 radical (unpaired) electrons. The molecule has 2 aliphatic heterocycles. The van der Waals surface area contributed by atoms with Crippen LogP contribution in [0.3, 0.4) is 0 Å². The van der Waals surface area contributed by atoms with Crippen molar-refractivity contribution in [2.45, 2.75) is 15.7 Å². The van der Waals surface area contributed by atoms with Crippen molar-refractivity contribution in [2.24, 2.45) is 11.8 Å². The number of carbonyl (C=O) groups is 3. The van der Waals surface area contributed by atoms with E-state index in [2.05, 4.69) is 0 Å². The lowest BCUT2D eigenvalue weighted by atomic mass is 9.54. The zero-order valence-electron chi connectivity index (χ0n) is 15.2. The number of fused-ring (bicyclic) bond motifs is 4. The Bertz CT molecular complexity index is 1040. The van der Waals surface area contributed by atoms with Gasteiger partial charge in [-0.1, -0.05) is 42.1 Å². The molecule has 142 valence electrons. The van der Waals surface area contributed by atoms with Crippen LogP contribution in [0.15, 0.2) is 53.4 Å². The highest BCUT2D eigenvalue weighted by Crippen LogP contribution is 2.72. The van der Waals surface area contributed by atoms with E-state index >= 15 is 0 Å². The van der Waals surface area contributed by atoms with Gasteiger partial charge in [0.05, 0.1) is 25.8 Å². The Hall–Kier alpha value is -2.80. The molecule has 0 unspecified atom stereocenters. The van der Waals surface area contributed by atoms with Crippen LogP contribution in [0.1, 0.15) is 21.8 Å². The first kappa shape index (κ1) is 17.3. The quantitative estimate of drug-likeness (QED) is 0.728. The maximum Gasteiger partial charge on any atom is 0.312 e. The predicted octanol–water partition coefficient (Wildman–Crippen LogP) is 2.82. The summed E-state index contributed by atoms with van der Waals surface area (Å²) in [6, 6.07) is 14.9. The molecule has 1 aliphatic carbocycles. The van der Waals surface area contributed by atoms with Gasteiger partial charge in [0.15, 0.2) is 0 Å². The van der Waals surface area contributed by atoms with Crippen LogP contribution in [0.4, 0.5) is 5.69 Å². The number of amides is 1. The summed E-state index contributed by atoms with van der Waals surface area (Å²) >= 11 is 1.46. The number of hydrogen-bond acceptors (Lipinski definition) is 6. The molecule has 28 heavy (non-hydrogen) atoms. The van der Waals surface area contributed by atoms with Crippen molar-refractivity contribution in [3.05, 3.63) is 59.7 Å². The molecule has 0 bridgehead atoms. The SMILES string of the molecule is COC(=O)[C@@H]1[C@H](C(=O)OC)[C@@]23Sc4ccccc4N2C(=O)c2ccccc2[C@@H]13. The molecule has 0 saturated heterocycles. The van der Waals surface area contributed by atoms with Gasteiger partial charge in [-0.15, -0.1) is 0 Å².